The molecule has 1 aliphatic rings. The van der Waals surface area contributed by atoms with E-state index in [0.29, 0.717) is 6.61 Å². The van der Waals surface area contributed by atoms with Gasteiger partial charge in [-0.2, -0.15) is 0 Å². The van der Waals surface area contributed by atoms with Crippen LogP contribution in [0.1, 0.15) is 12.8 Å². The summed E-state index contributed by atoms with van der Waals surface area (Å²) in [7, 11) is 6.98. The molecule has 1 saturated heterocycles. The van der Waals surface area contributed by atoms with Gasteiger partial charge in [0.1, 0.15) is 26.2 Å². The van der Waals surface area contributed by atoms with Gasteiger partial charge in [-0.3, -0.25) is 0 Å². The number of hydrogen-bond acceptors (Lipinski definition) is 3. The second-order valence-corrected chi connectivity index (χ2v) is 6.36. The second-order valence-electron chi connectivity index (χ2n) is 6.36. The van der Waals surface area contributed by atoms with E-state index in [1.165, 1.54) is 26.1 Å². The number of rotatable bonds is 8. The molecule has 0 aromatic carbocycles. The zero-order valence-corrected chi connectivity index (χ0v) is 12.4. The van der Waals surface area contributed by atoms with Crippen LogP contribution in [-0.2, 0) is 9.57 Å². The van der Waals surface area contributed by atoms with Crippen molar-refractivity contribution >= 4 is 0 Å². The summed E-state index contributed by atoms with van der Waals surface area (Å²) in [5, 5.41) is 0. The van der Waals surface area contributed by atoms with Crippen LogP contribution in [0.5, 0.6) is 0 Å². The molecular weight excluding hydrogens is 230 g/mol. The number of likely N-dealkylation sites (N-methyl/N-ethyl adjacent to an activating group) is 2. The van der Waals surface area contributed by atoms with Gasteiger partial charge in [0.2, 0.25) is 0 Å². The molecule has 2 N–H and O–H groups in total. The SMILES string of the molecule is C[N+](C)(CCCCON)CC[N+]1(C)CCOCC1. The van der Waals surface area contributed by atoms with E-state index in [4.69, 9.17) is 10.6 Å². The summed E-state index contributed by atoms with van der Waals surface area (Å²) in [6.45, 7) is 8.46. The van der Waals surface area contributed by atoms with Crippen molar-refractivity contribution in [2.75, 3.05) is 73.7 Å². The lowest BCUT2D eigenvalue weighted by atomic mass is 10.2. The van der Waals surface area contributed by atoms with Crippen molar-refractivity contribution in [3.63, 3.8) is 0 Å². The predicted molar refractivity (Wildman–Crippen MR) is 72.8 cm³/mol. The van der Waals surface area contributed by atoms with E-state index in [1.54, 1.807) is 0 Å². The molecule has 0 saturated carbocycles. The summed E-state index contributed by atoms with van der Waals surface area (Å²) in [5.41, 5.74) is 0. The lowest BCUT2D eigenvalue weighted by Gasteiger charge is -2.40. The molecule has 1 heterocycles. The highest BCUT2D eigenvalue weighted by molar-refractivity contribution is 4.47. The summed E-state index contributed by atoms with van der Waals surface area (Å²) in [6.07, 6.45) is 2.23. The quantitative estimate of drug-likeness (QED) is 0.386. The maximum atomic E-state index is 5.44. The Morgan fingerprint density at radius 1 is 1.17 bits per heavy atom. The molecule has 0 amide bonds. The number of ether oxygens (including phenoxy) is 1. The minimum atomic E-state index is 0.672. The Balaban J connectivity index is 2.22. The van der Waals surface area contributed by atoms with E-state index in [-0.39, 0.29) is 0 Å². The number of quaternary nitrogens is 2. The van der Waals surface area contributed by atoms with Gasteiger partial charge in [-0.05, 0) is 12.8 Å². The number of nitrogens with zero attached hydrogens (tertiary/aromatic N) is 2. The van der Waals surface area contributed by atoms with E-state index >= 15 is 0 Å². The number of hydrogen-bond donors (Lipinski definition) is 1. The van der Waals surface area contributed by atoms with E-state index in [2.05, 4.69) is 26.0 Å². The van der Waals surface area contributed by atoms with Gasteiger partial charge in [0.15, 0.2) is 0 Å². The Morgan fingerprint density at radius 3 is 2.44 bits per heavy atom. The van der Waals surface area contributed by atoms with Crippen LogP contribution >= 0.6 is 0 Å². The van der Waals surface area contributed by atoms with Crippen LogP contribution in [0, 0.1) is 0 Å². The van der Waals surface area contributed by atoms with E-state index in [0.717, 1.165) is 41.7 Å². The third-order valence-electron chi connectivity index (χ3n) is 4.07. The first kappa shape index (κ1) is 15.9. The molecule has 5 nitrogen and oxygen atoms in total. The van der Waals surface area contributed by atoms with Gasteiger partial charge in [-0.1, -0.05) is 0 Å². The summed E-state index contributed by atoms with van der Waals surface area (Å²) in [6, 6.07) is 0. The minimum absolute atomic E-state index is 0.672. The molecule has 1 aliphatic heterocycles. The molecule has 0 aromatic rings. The van der Waals surface area contributed by atoms with Crippen molar-refractivity contribution < 1.29 is 18.5 Å². The Kier molecular flexibility index (Phi) is 6.52. The topological polar surface area (TPSA) is 44.5 Å². The van der Waals surface area contributed by atoms with Crippen LogP contribution < -0.4 is 5.90 Å². The van der Waals surface area contributed by atoms with Crippen LogP contribution in [0.15, 0.2) is 0 Å². The van der Waals surface area contributed by atoms with Crippen LogP contribution in [0.2, 0.25) is 0 Å². The second kappa shape index (κ2) is 7.40. The molecule has 0 atom stereocenters. The molecule has 5 heteroatoms. The molecule has 0 spiro atoms. The zero-order chi connectivity index (χ0) is 13.5. The fourth-order valence-electron chi connectivity index (χ4n) is 2.36. The number of morpholine rings is 1. The lowest BCUT2D eigenvalue weighted by molar-refractivity contribution is -0.959. The summed E-state index contributed by atoms with van der Waals surface area (Å²) in [5.74, 6) is 5.03. The first-order valence-electron chi connectivity index (χ1n) is 7.02. The van der Waals surface area contributed by atoms with Crippen molar-refractivity contribution in [1.29, 1.82) is 0 Å². The highest BCUT2D eigenvalue weighted by Crippen LogP contribution is 2.10. The van der Waals surface area contributed by atoms with E-state index in [9.17, 15) is 0 Å². The minimum Gasteiger partial charge on any atom is -0.370 e. The molecule has 0 bridgehead atoms. The zero-order valence-electron chi connectivity index (χ0n) is 12.4. The molecule has 0 radical (unpaired) electrons. The standard InChI is InChI=1S/C13H31N3O2/c1-15(2,6-4-5-11-18-14)7-8-16(3)9-12-17-13-10-16/h4-14H2,1-3H3/q+2. The first-order valence-corrected chi connectivity index (χ1v) is 7.02. The summed E-state index contributed by atoms with van der Waals surface area (Å²) < 4.78 is 7.69. The maximum Gasteiger partial charge on any atom is 0.128 e. The Labute approximate surface area is 112 Å². The number of nitrogens with two attached hydrogens (primary N) is 1. The molecule has 0 aromatic heterocycles. The van der Waals surface area contributed by atoms with Crippen LogP contribution in [0.4, 0.5) is 0 Å². The monoisotopic (exact) mass is 261 g/mol. The Morgan fingerprint density at radius 2 is 1.83 bits per heavy atom. The van der Waals surface area contributed by atoms with Gasteiger partial charge >= 0.3 is 0 Å². The smallest absolute Gasteiger partial charge is 0.128 e. The molecule has 0 aliphatic carbocycles. The first-order chi connectivity index (χ1) is 8.47. The molecule has 108 valence electrons. The number of unbranched alkanes of at least 4 members (excludes halogenated alkanes) is 1. The third kappa shape index (κ3) is 6.11. The molecule has 18 heavy (non-hydrogen) atoms. The van der Waals surface area contributed by atoms with Crippen molar-refractivity contribution in [3.8, 4) is 0 Å². The van der Waals surface area contributed by atoms with Gasteiger partial charge in [0.25, 0.3) is 0 Å². The van der Waals surface area contributed by atoms with Gasteiger partial charge < -0.3 is 18.5 Å². The third-order valence-corrected chi connectivity index (χ3v) is 4.07. The normalized spacial score (nSPS) is 20.0. The largest absolute Gasteiger partial charge is 0.370 e. The predicted octanol–water partition coefficient (Wildman–Crippen LogP) is 0.210. The fourth-order valence-corrected chi connectivity index (χ4v) is 2.36. The van der Waals surface area contributed by atoms with Crippen LogP contribution in [-0.4, -0.2) is 82.7 Å². The fraction of sp³-hybridized carbons (Fsp3) is 1.00. The highest BCUT2D eigenvalue weighted by atomic mass is 16.6. The van der Waals surface area contributed by atoms with Gasteiger partial charge in [0.05, 0.1) is 47.5 Å². The molecular formula is C13H31N3O2+2. The molecule has 1 rings (SSSR count). The molecule has 0 unspecified atom stereocenters. The van der Waals surface area contributed by atoms with Crippen molar-refractivity contribution in [1.82, 2.24) is 0 Å². The van der Waals surface area contributed by atoms with Crippen LogP contribution in [0.25, 0.3) is 0 Å². The Bertz CT molecular complexity index is 228. The van der Waals surface area contributed by atoms with Crippen molar-refractivity contribution in [2.45, 2.75) is 12.8 Å². The molecule has 1 fully saturated rings. The summed E-state index contributed by atoms with van der Waals surface area (Å²) in [4.78, 5) is 4.60. The van der Waals surface area contributed by atoms with E-state index < -0.39 is 0 Å². The lowest BCUT2D eigenvalue weighted by Crippen LogP contribution is -2.57. The van der Waals surface area contributed by atoms with Crippen molar-refractivity contribution in [2.24, 2.45) is 5.90 Å². The van der Waals surface area contributed by atoms with Gasteiger partial charge in [0, 0.05) is 0 Å². The maximum absolute atomic E-state index is 5.44. The van der Waals surface area contributed by atoms with Crippen molar-refractivity contribution in [3.05, 3.63) is 0 Å². The summed E-state index contributed by atoms with van der Waals surface area (Å²) >= 11 is 0. The van der Waals surface area contributed by atoms with Crippen LogP contribution in [0.3, 0.4) is 0 Å². The van der Waals surface area contributed by atoms with E-state index in [1.807, 2.05) is 0 Å². The Hall–Kier alpha value is -0.200. The average molecular weight is 261 g/mol. The van der Waals surface area contributed by atoms with Gasteiger partial charge in [-0.25, -0.2) is 5.90 Å². The van der Waals surface area contributed by atoms with Gasteiger partial charge in [-0.15, -0.1) is 0 Å². The average Bonchev–Trinajstić information content (AvgIpc) is 2.34. The highest BCUT2D eigenvalue weighted by Gasteiger charge is 2.28.